The molecule has 0 atom stereocenters. The molecule has 0 radical (unpaired) electrons. The van der Waals surface area contributed by atoms with E-state index in [9.17, 15) is 5.11 Å². The van der Waals surface area contributed by atoms with Gasteiger partial charge in [0.2, 0.25) is 0 Å². The molecule has 1 fully saturated rings. The predicted molar refractivity (Wildman–Crippen MR) is 63.2 cm³/mol. The SMILES string of the molecule is CC(C)(C)n1nnc(C2(N)CCC(O)CC2)n1. The number of rotatable bonds is 1. The van der Waals surface area contributed by atoms with Crippen molar-refractivity contribution in [3.05, 3.63) is 5.82 Å². The van der Waals surface area contributed by atoms with Crippen molar-refractivity contribution >= 4 is 0 Å². The third kappa shape index (κ3) is 2.47. The quantitative estimate of drug-likeness (QED) is 0.745. The molecule has 6 nitrogen and oxygen atoms in total. The van der Waals surface area contributed by atoms with Crippen molar-refractivity contribution in [2.75, 3.05) is 0 Å². The van der Waals surface area contributed by atoms with Crippen LogP contribution in [-0.2, 0) is 11.1 Å². The average Bonchev–Trinajstić information content (AvgIpc) is 2.72. The lowest BCUT2D eigenvalue weighted by atomic mass is 9.81. The van der Waals surface area contributed by atoms with Crippen LogP contribution in [0.1, 0.15) is 52.3 Å². The summed E-state index contributed by atoms with van der Waals surface area (Å²) in [7, 11) is 0. The normalized spacial score (nSPS) is 30.5. The van der Waals surface area contributed by atoms with Gasteiger partial charge >= 0.3 is 0 Å². The molecule has 0 aliphatic heterocycles. The molecule has 0 saturated heterocycles. The summed E-state index contributed by atoms with van der Waals surface area (Å²) in [5.41, 5.74) is 5.60. The van der Waals surface area contributed by atoms with Gasteiger partial charge in [0.05, 0.1) is 17.2 Å². The van der Waals surface area contributed by atoms with Gasteiger partial charge in [-0.15, -0.1) is 10.2 Å². The van der Waals surface area contributed by atoms with E-state index in [1.165, 1.54) is 0 Å². The van der Waals surface area contributed by atoms with E-state index in [0.717, 1.165) is 0 Å². The first-order valence-corrected chi connectivity index (χ1v) is 6.09. The Labute approximate surface area is 101 Å². The van der Waals surface area contributed by atoms with Gasteiger partial charge in [0, 0.05) is 0 Å². The van der Waals surface area contributed by atoms with Gasteiger partial charge in [-0.1, -0.05) is 0 Å². The molecule has 2 rings (SSSR count). The monoisotopic (exact) mass is 239 g/mol. The molecule has 0 spiro atoms. The maximum Gasteiger partial charge on any atom is 0.194 e. The number of nitrogens with zero attached hydrogens (tertiary/aromatic N) is 4. The Morgan fingerprint density at radius 2 is 1.94 bits per heavy atom. The van der Waals surface area contributed by atoms with E-state index in [0.29, 0.717) is 31.5 Å². The van der Waals surface area contributed by atoms with E-state index in [4.69, 9.17) is 5.73 Å². The zero-order chi connectivity index (χ0) is 12.7. The third-order valence-electron chi connectivity index (χ3n) is 3.31. The van der Waals surface area contributed by atoms with Crippen LogP contribution < -0.4 is 5.73 Å². The maximum absolute atomic E-state index is 9.51. The Morgan fingerprint density at radius 3 is 2.41 bits per heavy atom. The van der Waals surface area contributed by atoms with Crippen LogP contribution in [0.15, 0.2) is 0 Å². The minimum Gasteiger partial charge on any atom is -0.393 e. The molecule has 17 heavy (non-hydrogen) atoms. The molecule has 6 heteroatoms. The Morgan fingerprint density at radius 1 is 1.35 bits per heavy atom. The maximum atomic E-state index is 9.51. The van der Waals surface area contributed by atoms with Crippen molar-refractivity contribution in [3.8, 4) is 0 Å². The number of hydrogen-bond acceptors (Lipinski definition) is 5. The van der Waals surface area contributed by atoms with Crippen LogP contribution in [0.4, 0.5) is 0 Å². The Kier molecular flexibility index (Phi) is 2.95. The number of tetrazole rings is 1. The number of nitrogens with two attached hydrogens (primary N) is 1. The number of hydrogen-bond donors (Lipinski definition) is 2. The van der Waals surface area contributed by atoms with Crippen molar-refractivity contribution < 1.29 is 5.11 Å². The molecule has 1 aliphatic rings. The molecule has 1 aliphatic carbocycles. The fourth-order valence-electron chi connectivity index (χ4n) is 2.04. The lowest BCUT2D eigenvalue weighted by Crippen LogP contribution is -2.42. The lowest BCUT2D eigenvalue weighted by Gasteiger charge is -2.32. The highest BCUT2D eigenvalue weighted by atomic mass is 16.3. The van der Waals surface area contributed by atoms with Crippen LogP contribution in [0, 0.1) is 0 Å². The van der Waals surface area contributed by atoms with Gasteiger partial charge in [-0.2, -0.15) is 4.80 Å². The predicted octanol–water partition coefficient (Wildman–Crippen LogP) is 0.517. The van der Waals surface area contributed by atoms with Gasteiger partial charge in [0.15, 0.2) is 5.82 Å². The van der Waals surface area contributed by atoms with Gasteiger partial charge in [-0.3, -0.25) is 0 Å². The van der Waals surface area contributed by atoms with Crippen LogP contribution in [0.25, 0.3) is 0 Å². The zero-order valence-corrected chi connectivity index (χ0v) is 10.7. The average molecular weight is 239 g/mol. The second kappa shape index (κ2) is 4.03. The van der Waals surface area contributed by atoms with E-state index in [-0.39, 0.29) is 11.6 Å². The van der Waals surface area contributed by atoms with E-state index < -0.39 is 5.54 Å². The molecular formula is C11H21N5O. The van der Waals surface area contributed by atoms with Crippen molar-refractivity contribution in [2.24, 2.45) is 5.73 Å². The zero-order valence-electron chi connectivity index (χ0n) is 10.7. The van der Waals surface area contributed by atoms with Crippen LogP contribution in [0.5, 0.6) is 0 Å². The minimum atomic E-state index is -0.525. The highest BCUT2D eigenvalue weighted by Gasteiger charge is 2.37. The molecule has 0 unspecified atom stereocenters. The molecule has 96 valence electrons. The summed E-state index contributed by atoms with van der Waals surface area (Å²) in [4.78, 5) is 1.60. The minimum absolute atomic E-state index is 0.185. The summed E-state index contributed by atoms with van der Waals surface area (Å²) in [6.07, 6.45) is 2.61. The fourth-order valence-corrected chi connectivity index (χ4v) is 2.04. The summed E-state index contributed by atoms with van der Waals surface area (Å²) in [6, 6.07) is 0. The standard InChI is InChI=1S/C11H21N5O/c1-10(2,3)16-14-9(13-15-16)11(12)6-4-8(17)5-7-11/h8,17H,4-7,12H2,1-3H3. The van der Waals surface area contributed by atoms with Crippen LogP contribution >= 0.6 is 0 Å². The lowest BCUT2D eigenvalue weighted by molar-refractivity contribution is 0.0938. The van der Waals surface area contributed by atoms with E-state index in [2.05, 4.69) is 15.4 Å². The van der Waals surface area contributed by atoms with E-state index in [1.54, 1.807) is 4.80 Å². The first-order valence-electron chi connectivity index (χ1n) is 6.09. The Balaban J connectivity index is 2.20. The second-order valence-corrected chi connectivity index (χ2v) is 5.96. The molecule has 1 aromatic rings. The van der Waals surface area contributed by atoms with Crippen molar-refractivity contribution in [2.45, 2.75) is 63.6 Å². The second-order valence-electron chi connectivity index (χ2n) is 5.96. The molecule has 0 bridgehead atoms. The van der Waals surface area contributed by atoms with Crippen LogP contribution in [0.3, 0.4) is 0 Å². The molecule has 1 aromatic heterocycles. The Hall–Kier alpha value is -1.01. The highest BCUT2D eigenvalue weighted by Crippen LogP contribution is 2.32. The summed E-state index contributed by atoms with van der Waals surface area (Å²) in [6.45, 7) is 6.06. The fraction of sp³-hybridized carbons (Fsp3) is 0.909. The van der Waals surface area contributed by atoms with Gasteiger partial charge in [-0.05, 0) is 51.7 Å². The molecular weight excluding hydrogens is 218 g/mol. The highest BCUT2D eigenvalue weighted by molar-refractivity contribution is 5.04. The smallest absolute Gasteiger partial charge is 0.194 e. The largest absolute Gasteiger partial charge is 0.393 e. The summed E-state index contributed by atoms with van der Waals surface area (Å²) in [5.74, 6) is 0.597. The van der Waals surface area contributed by atoms with Gasteiger partial charge in [-0.25, -0.2) is 0 Å². The number of aliphatic hydroxyl groups is 1. The molecule has 1 saturated carbocycles. The summed E-state index contributed by atoms with van der Waals surface area (Å²) < 4.78 is 0. The summed E-state index contributed by atoms with van der Waals surface area (Å²) in [5, 5.41) is 22.0. The first-order chi connectivity index (χ1) is 7.81. The van der Waals surface area contributed by atoms with Crippen molar-refractivity contribution in [1.82, 2.24) is 20.2 Å². The third-order valence-corrected chi connectivity index (χ3v) is 3.31. The molecule has 3 N–H and O–H groups in total. The first kappa shape index (κ1) is 12.4. The topological polar surface area (TPSA) is 89.9 Å². The van der Waals surface area contributed by atoms with Crippen molar-refractivity contribution in [3.63, 3.8) is 0 Å². The van der Waals surface area contributed by atoms with Gasteiger partial charge in [0.25, 0.3) is 0 Å². The Bertz CT molecular complexity index is 387. The van der Waals surface area contributed by atoms with E-state index in [1.807, 2.05) is 20.8 Å². The van der Waals surface area contributed by atoms with Gasteiger partial charge in [0.1, 0.15) is 0 Å². The summed E-state index contributed by atoms with van der Waals surface area (Å²) >= 11 is 0. The number of aromatic nitrogens is 4. The van der Waals surface area contributed by atoms with Crippen LogP contribution in [0.2, 0.25) is 0 Å². The molecule has 0 amide bonds. The van der Waals surface area contributed by atoms with Crippen molar-refractivity contribution in [1.29, 1.82) is 0 Å². The molecule has 1 heterocycles. The van der Waals surface area contributed by atoms with Gasteiger partial charge < -0.3 is 10.8 Å². The molecule has 0 aromatic carbocycles. The van der Waals surface area contributed by atoms with Crippen LogP contribution in [-0.4, -0.2) is 31.4 Å². The number of aliphatic hydroxyl groups excluding tert-OH is 1. The van der Waals surface area contributed by atoms with E-state index >= 15 is 0 Å².